The first-order valence-electron chi connectivity index (χ1n) is 8.27. The predicted octanol–water partition coefficient (Wildman–Crippen LogP) is 4.67. The molecule has 118 valence electrons. The lowest BCUT2D eigenvalue weighted by Crippen LogP contribution is -2.27. The van der Waals surface area contributed by atoms with Crippen LogP contribution in [0.25, 0.3) is 0 Å². The summed E-state index contributed by atoms with van der Waals surface area (Å²) < 4.78 is 20.2. The normalized spacial score (nSPS) is 22.5. The standard InChI is InChI=1S/C18H28FNO/c1-4-14-7-5-9-16(11-14)21-18-15(12-20-13(2)3)8-6-10-17(18)19/h6,8,10,13-14,16,20H,4-5,7,9,11-12H2,1-3H3. The van der Waals surface area contributed by atoms with Crippen LogP contribution in [0.3, 0.4) is 0 Å². The zero-order valence-corrected chi connectivity index (χ0v) is 13.5. The maximum atomic E-state index is 14.2. The summed E-state index contributed by atoms with van der Waals surface area (Å²) in [7, 11) is 0. The van der Waals surface area contributed by atoms with Crippen molar-refractivity contribution in [2.45, 2.75) is 71.6 Å². The molecule has 1 aromatic rings. The van der Waals surface area contributed by atoms with Crippen LogP contribution in [0.5, 0.6) is 5.75 Å². The number of benzene rings is 1. The molecular formula is C18H28FNO. The number of halogens is 1. The third kappa shape index (κ3) is 4.70. The molecule has 0 aromatic heterocycles. The van der Waals surface area contributed by atoms with Crippen LogP contribution >= 0.6 is 0 Å². The van der Waals surface area contributed by atoms with E-state index in [1.807, 2.05) is 6.07 Å². The molecule has 0 amide bonds. The first-order chi connectivity index (χ1) is 10.1. The first kappa shape index (κ1) is 16.3. The minimum Gasteiger partial charge on any atom is -0.487 e. The number of hydrogen-bond acceptors (Lipinski definition) is 2. The molecule has 1 aliphatic carbocycles. The fraction of sp³-hybridized carbons (Fsp3) is 0.667. The summed E-state index contributed by atoms with van der Waals surface area (Å²) in [4.78, 5) is 0. The highest BCUT2D eigenvalue weighted by Crippen LogP contribution is 2.32. The van der Waals surface area contributed by atoms with Gasteiger partial charge < -0.3 is 10.1 Å². The highest BCUT2D eigenvalue weighted by molar-refractivity contribution is 5.35. The monoisotopic (exact) mass is 293 g/mol. The van der Waals surface area contributed by atoms with Crippen LogP contribution < -0.4 is 10.1 Å². The molecule has 1 aromatic carbocycles. The maximum absolute atomic E-state index is 14.2. The molecule has 0 heterocycles. The van der Waals surface area contributed by atoms with E-state index < -0.39 is 0 Å². The second kappa shape index (κ2) is 7.79. The Labute approximate surface area is 128 Å². The molecular weight excluding hydrogens is 265 g/mol. The fourth-order valence-corrected chi connectivity index (χ4v) is 3.02. The van der Waals surface area contributed by atoms with E-state index in [0.717, 1.165) is 24.3 Å². The van der Waals surface area contributed by atoms with Gasteiger partial charge >= 0.3 is 0 Å². The lowest BCUT2D eigenvalue weighted by atomic mass is 9.85. The van der Waals surface area contributed by atoms with E-state index >= 15 is 0 Å². The van der Waals surface area contributed by atoms with E-state index in [2.05, 4.69) is 26.1 Å². The number of nitrogens with one attached hydrogen (secondary N) is 1. The predicted molar refractivity (Wildman–Crippen MR) is 85.0 cm³/mol. The van der Waals surface area contributed by atoms with Crippen LogP contribution in [0, 0.1) is 11.7 Å². The van der Waals surface area contributed by atoms with Crippen molar-refractivity contribution in [3.63, 3.8) is 0 Å². The summed E-state index contributed by atoms with van der Waals surface area (Å²) in [5.74, 6) is 0.942. The molecule has 1 N–H and O–H groups in total. The Hall–Kier alpha value is -1.09. The molecule has 0 saturated heterocycles. The second-order valence-electron chi connectivity index (χ2n) is 6.44. The Morgan fingerprint density at radius 2 is 2.14 bits per heavy atom. The topological polar surface area (TPSA) is 21.3 Å². The summed E-state index contributed by atoms with van der Waals surface area (Å²) in [6.07, 6.45) is 5.94. The maximum Gasteiger partial charge on any atom is 0.165 e. The Balaban J connectivity index is 2.07. The van der Waals surface area contributed by atoms with Crippen LogP contribution in [0.2, 0.25) is 0 Å². The van der Waals surface area contributed by atoms with E-state index in [1.54, 1.807) is 6.07 Å². The van der Waals surface area contributed by atoms with Gasteiger partial charge in [0.15, 0.2) is 11.6 Å². The number of para-hydroxylation sites is 1. The van der Waals surface area contributed by atoms with Crippen molar-refractivity contribution in [3.8, 4) is 5.75 Å². The quantitative estimate of drug-likeness (QED) is 0.823. The summed E-state index contributed by atoms with van der Waals surface area (Å²) >= 11 is 0. The van der Waals surface area contributed by atoms with Gasteiger partial charge in [0.25, 0.3) is 0 Å². The molecule has 1 aliphatic rings. The van der Waals surface area contributed by atoms with Gasteiger partial charge in [-0.2, -0.15) is 0 Å². The summed E-state index contributed by atoms with van der Waals surface area (Å²) in [6.45, 7) is 7.06. The van der Waals surface area contributed by atoms with Crippen LogP contribution in [0.4, 0.5) is 4.39 Å². The van der Waals surface area contributed by atoms with Gasteiger partial charge in [-0.25, -0.2) is 4.39 Å². The summed E-state index contributed by atoms with van der Waals surface area (Å²) in [6, 6.07) is 5.58. The molecule has 2 atom stereocenters. The van der Waals surface area contributed by atoms with Gasteiger partial charge in [-0.1, -0.05) is 45.7 Å². The van der Waals surface area contributed by atoms with Crippen molar-refractivity contribution >= 4 is 0 Å². The van der Waals surface area contributed by atoms with Gasteiger partial charge in [-0.3, -0.25) is 0 Å². The summed E-state index contributed by atoms with van der Waals surface area (Å²) in [5.41, 5.74) is 0.919. The Bertz CT molecular complexity index is 447. The largest absolute Gasteiger partial charge is 0.487 e. The van der Waals surface area contributed by atoms with Crippen molar-refractivity contribution in [1.82, 2.24) is 5.32 Å². The van der Waals surface area contributed by atoms with Crippen molar-refractivity contribution in [3.05, 3.63) is 29.6 Å². The van der Waals surface area contributed by atoms with E-state index in [0.29, 0.717) is 18.3 Å². The fourth-order valence-electron chi connectivity index (χ4n) is 3.02. The molecule has 0 aliphatic heterocycles. The van der Waals surface area contributed by atoms with Crippen LogP contribution in [0.1, 0.15) is 58.4 Å². The molecule has 2 nitrogen and oxygen atoms in total. The molecule has 2 unspecified atom stereocenters. The van der Waals surface area contributed by atoms with Gasteiger partial charge in [0, 0.05) is 18.2 Å². The van der Waals surface area contributed by atoms with Crippen LogP contribution in [-0.4, -0.2) is 12.1 Å². The van der Waals surface area contributed by atoms with Gasteiger partial charge in [-0.15, -0.1) is 0 Å². The SMILES string of the molecule is CCC1CCCC(Oc2c(F)cccc2CNC(C)C)C1. The average molecular weight is 293 g/mol. The molecule has 2 rings (SSSR count). The molecule has 0 spiro atoms. The minimum atomic E-state index is -0.239. The van der Waals surface area contributed by atoms with Gasteiger partial charge in [-0.05, 0) is 31.2 Å². The first-order valence-corrected chi connectivity index (χ1v) is 8.27. The average Bonchev–Trinajstić information content (AvgIpc) is 2.48. The Morgan fingerprint density at radius 1 is 1.33 bits per heavy atom. The van der Waals surface area contributed by atoms with E-state index in [4.69, 9.17) is 4.74 Å². The lowest BCUT2D eigenvalue weighted by Gasteiger charge is -2.29. The van der Waals surface area contributed by atoms with Gasteiger partial charge in [0.1, 0.15) is 0 Å². The van der Waals surface area contributed by atoms with Crippen LogP contribution in [0.15, 0.2) is 18.2 Å². The molecule has 1 fully saturated rings. The highest BCUT2D eigenvalue weighted by Gasteiger charge is 2.24. The van der Waals surface area contributed by atoms with Crippen LogP contribution in [-0.2, 0) is 6.54 Å². The number of hydrogen-bond donors (Lipinski definition) is 1. The molecule has 0 bridgehead atoms. The molecule has 0 radical (unpaired) electrons. The zero-order valence-electron chi connectivity index (χ0n) is 13.5. The van der Waals surface area contributed by atoms with Crippen molar-refractivity contribution in [2.24, 2.45) is 5.92 Å². The number of ether oxygens (including phenoxy) is 1. The van der Waals surface area contributed by atoms with E-state index in [1.165, 1.54) is 25.3 Å². The Kier molecular flexibility index (Phi) is 6.04. The van der Waals surface area contributed by atoms with E-state index in [9.17, 15) is 4.39 Å². The third-order valence-electron chi connectivity index (χ3n) is 4.35. The third-order valence-corrected chi connectivity index (χ3v) is 4.35. The number of rotatable bonds is 6. The lowest BCUT2D eigenvalue weighted by molar-refractivity contribution is 0.116. The molecule has 3 heteroatoms. The molecule has 21 heavy (non-hydrogen) atoms. The Morgan fingerprint density at radius 3 is 2.86 bits per heavy atom. The highest BCUT2D eigenvalue weighted by atomic mass is 19.1. The van der Waals surface area contributed by atoms with Crippen molar-refractivity contribution < 1.29 is 9.13 Å². The minimum absolute atomic E-state index is 0.165. The van der Waals surface area contributed by atoms with Crippen molar-refractivity contribution in [1.29, 1.82) is 0 Å². The molecule has 1 saturated carbocycles. The smallest absolute Gasteiger partial charge is 0.165 e. The zero-order chi connectivity index (χ0) is 15.2. The van der Waals surface area contributed by atoms with Crippen molar-refractivity contribution in [2.75, 3.05) is 0 Å². The van der Waals surface area contributed by atoms with Gasteiger partial charge in [0.2, 0.25) is 0 Å². The second-order valence-corrected chi connectivity index (χ2v) is 6.44. The van der Waals surface area contributed by atoms with Gasteiger partial charge in [0.05, 0.1) is 6.10 Å². The summed E-state index contributed by atoms with van der Waals surface area (Å²) in [5, 5.41) is 3.34. The van der Waals surface area contributed by atoms with E-state index in [-0.39, 0.29) is 11.9 Å².